The highest BCUT2D eigenvalue weighted by atomic mass is 32.2. The molecular weight excluding hydrogens is 335 g/mol. The summed E-state index contributed by atoms with van der Waals surface area (Å²) in [6, 6.07) is 4.62. The Balaban J connectivity index is 0.00000100. The van der Waals surface area contributed by atoms with Gasteiger partial charge in [-0.15, -0.1) is 0 Å². The van der Waals surface area contributed by atoms with Crippen molar-refractivity contribution < 1.29 is 13.2 Å². The molecule has 3 rings (SSSR count). The normalized spacial score (nSPS) is 14.3. The van der Waals surface area contributed by atoms with Gasteiger partial charge in [0, 0.05) is 5.39 Å². The molecule has 1 aromatic heterocycles. The second kappa shape index (κ2) is 7.11. The van der Waals surface area contributed by atoms with Crippen molar-refractivity contribution in [2.75, 3.05) is 0 Å². The third kappa shape index (κ3) is 3.72. The van der Waals surface area contributed by atoms with Crippen LogP contribution in [0.25, 0.3) is 10.9 Å². The van der Waals surface area contributed by atoms with Crippen LogP contribution in [0.4, 0.5) is 13.2 Å². The van der Waals surface area contributed by atoms with Crippen LogP contribution < -0.4 is 5.14 Å². The first-order valence-corrected chi connectivity index (χ1v) is 8.67. The van der Waals surface area contributed by atoms with E-state index in [4.69, 9.17) is 10.5 Å². The Morgan fingerprint density at radius 3 is 2.38 bits per heavy atom. The fraction of sp³-hybridized carbons (Fsp3) is 0.412. The molecule has 1 heterocycles. The van der Waals surface area contributed by atoms with Gasteiger partial charge in [-0.2, -0.15) is 13.2 Å². The number of benzene rings is 1. The molecule has 0 amide bonds. The molecule has 24 heavy (non-hydrogen) atoms. The molecule has 2 aromatic rings. The minimum atomic E-state index is -4.47. The lowest BCUT2D eigenvalue weighted by Gasteiger charge is -2.15. The van der Waals surface area contributed by atoms with E-state index < -0.39 is 11.7 Å². The largest absolute Gasteiger partial charge is 0.418 e. The zero-order valence-electron chi connectivity index (χ0n) is 13.8. The van der Waals surface area contributed by atoms with Crippen LogP contribution in [0.3, 0.4) is 0 Å². The Hall–Kier alpha value is -1.60. The average molecular weight is 355 g/mol. The minimum absolute atomic E-state index is 0.0515. The Bertz CT molecular complexity index is 768. The third-order valence-electron chi connectivity index (χ3n) is 3.85. The molecule has 0 bridgehead atoms. The van der Waals surface area contributed by atoms with Crippen LogP contribution in [0.5, 0.6) is 0 Å². The Morgan fingerprint density at radius 2 is 1.88 bits per heavy atom. The zero-order chi connectivity index (χ0) is 18.1. The van der Waals surface area contributed by atoms with Crippen molar-refractivity contribution in [3.8, 4) is 0 Å². The molecule has 1 saturated carbocycles. The van der Waals surface area contributed by atoms with Crippen molar-refractivity contribution >= 4 is 27.9 Å². The van der Waals surface area contributed by atoms with Crippen molar-refractivity contribution in [1.82, 2.24) is 4.98 Å². The maximum atomic E-state index is 13.4. The molecule has 0 spiro atoms. The summed E-state index contributed by atoms with van der Waals surface area (Å²) >= 11 is 0.666. The van der Waals surface area contributed by atoms with E-state index >= 15 is 0 Å². The van der Waals surface area contributed by atoms with Crippen LogP contribution in [-0.2, 0) is 6.18 Å². The van der Waals surface area contributed by atoms with E-state index in [0.29, 0.717) is 22.9 Å². The first-order valence-electron chi connectivity index (χ1n) is 7.79. The molecule has 1 aliphatic carbocycles. The molecule has 1 fully saturated rings. The number of fused-ring (bicyclic) bond motifs is 1. The Kier molecular flexibility index (Phi) is 5.55. The number of rotatable bonds is 2. The molecular formula is C17H20F3N3S. The smallest absolute Gasteiger partial charge is 0.291 e. The summed E-state index contributed by atoms with van der Waals surface area (Å²) in [4.78, 5) is 4.05. The lowest BCUT2D eigenvalue weighted by atomic mass is 9.98. The number of nitrogens with two attached hydrogens (primary N) is 1. The number of pyridine rings is 1. The number of nitrogens with zero attached hydrogens (tertiary/aromatic N) is 1. The SMILES string of the molecule is CC.Cc1cc(C(=N)SN)nc2c(C(F)(F)F)cc(C3CC3)cc12. The lowest BCUT2D eigenvalue weighted by molar-refractivity contribution is -0.136. The number of aryl methyl sites for hydroxylation is 1. The summed E-state index contributed by atoms with van der Waals surface area (Å²) in [5.41, 5.74) is 0.729. The predicted octanol–water partition coefficient (Wildman–Crippen LogP) is 5.40. The maximum Gasteiger partial charge on any atom is 0.418 e. The first-order chi connectivity index (χ1) is 11.3. The highest BCUT2D eigenvalue weighted by Crippen LogP contribution is 2.44. The molecule has 0 atom stereocenters. The van der Waals surface area contributed by atoms with Crippen LogP contribution in [-0.4, -0.2) is 10.0 Å². The van der Waals surface area contributed by atoms with Crippen molar-refractivity contribution in [3.05, 3.63) is 40.6 Å². The fourth-order valence-corrected chi connectivity index (χ4v) is 2.78. The van der Waals surface area contributed by atoms with Gasteiger partial charge >= 0.3 is 6.18 Å². The Morgan fingerprint density at radius 1 is 1.25 bits per heavy atom. The lowest BCUT2D eigenvalue weighted by Crippen LogP contribution is -2.10. The fourth-order valence-electron chi connectivity index (χ4n) is 2.56. The molecule has 130 valence electrons. The van der Waals surface area contributed by atoms with Gasteiger partial charge in [0.1, 0.15) is 5.04 Å². The monoisotopic (exact) mass is 355 g/mol. The van der Waals surface area contributed by atoms with E-state index in [1.54, 1.807) is 19.1 Å². The van der Waals surface area contributed by atoms with E-state index in [1.165, 1.54) is 6.07 Å². The summed E-state index contributed by atoms with van der Waals surface area (Å²) in [5, 5.41) is 13.5. The number of aromatic nitrogens is 1. The van der Waals surface area contributed by atoms with Crippen molar-refractivity contribution in [3.63, 3.8) is 0 Å². The quantitative estimate of drug-likeness (QED) is 0.431. The highest BCUT2D eigenvalue weighted by molar-refractivity contribution is 8.12. The minimum Gasteiger partial charge on any atom is -0.291 e. The number of halogens is 3. The van der Waals surface area contributed by atoms with Gasteiger partial charge in [0.25, 0.3) is 0 Å². The van der Waals surface area contributed by atoms with E-state index in [0.717, 1.165) is 18.4 Å². The summed E-state index contributed by atoms with van der Waals surface area (Å²) in [5.74, 6) is 0.225. The van der Waals surface area contributed by atoms with E-state index in [9.17, 15) is 13.2 Å². The standard InChI is InChI=1S/C15H14F3N3S.C2H6/c1-7-4-12(14(19)22-20)21-13-10(7)5-9(8-2-3-8)6-11(13)15(16,17)18;1-2/h4-6,8,19H,2-3,20H2,1H3;1-2H3. The summed E-state index contributed by atoms with van der Waals surface area (Å²) in [7, 11) is 0. The molecule has 1 aliphatic rings. The summed E-state index contributed by atoms with van der Waals surface area (Å²) < 4.78 is 40.2. The highest BCUT2D eigenvalue weighted by Gasteiger charge is 2.36. The third-order valence-corrected chi connectivity index (χ3v) is 4.29. The van der Waals surface area contributed by atoms with Gasteiger partial charge in [0.15, 0.2) is 0 Å². The maximum absolute atomic E-state index is 13.4. The molecule has 0 saturated heterocycles. The van der Waals surface area contributed by atoms with Crippen LogP contribution in [0.2, 0.25) is 0 Å². The van der Waals surface area contributed by atoms with Crippen molar-refractivity contribution in [1.29, 1.82) is 5.41 Å². The van der Waals surface area contributed by atoms with Crippen LogP contribution in [0, 0.1) is 12.3 Å². The van der Waals surface area contributed by atoms with Gasteiger partial charge in [0.2, 0.25) is 0 Å². The predicted molar refractivity (Wildman–Crippen MR) is 93.4 cm³/mol. The van der Waals surface area contributed by atoms with Gasteiger partial charge in [0.05, 0.1) is 16.8 Å². The van der Waals surface area contributed by atoms with Gasteiger partial charge in [-0.25, -0.2) is 4.98 Å². The molecule has 0 radical (unpaired) electrons. The van der Waals surface area contributed by atoms with E-state index in [-0.39, 0.29) is 22.2 Å². The van der Waals surface area contributed by atoms with Crippen LogP contribution >= 0.6 is 11.9 Å². The average Bonchev–Trinajstić information content (AvgIpc) is 3.39. The number of hydrogen-bond donors (Lipinski definition) is 2. The second-order valence-electron chi connectivity index (χ2n) is 5.51. The molecule has 3 N–H and O–H groups in total. The van der Waals surface area contributed by atoms with E-state index in [1.807, 2.05) is 13.8 Å². The number of hydrogen-bond acceptors (Lipinski definition) is 4. The number of alkyl halides is 3. The Labute approximate surface area is 143 Å². The van der Waals surface area contributed by atoms with Crippen LogP contribution in [0.15, 0.2) is 18.2 Å². The second-order valence-corrected chi connectivity index (χ2v) is 6.15. The van der Waals surface area contributed by atoms with E-state index in [2.05, 4.69) is 4.98 Å². The molecule has 3 nitrogen and oxygen atoms in total. The molecule has 0 unspecified atom stereocenters. The van der Waals surface area contributed by atoms with Gasteiger partial charge < -0.3 is 0 Å². The molecule has 1 aromatic carbocycles. The first kappa shape index (κ1) is 18.7. The van der Waals surface area contributed by atoms with Gasteiger partial charge in [-0.3, -0.25) is 10.5 Å². The summed E-state index contributed by atoms with van der Waals surface area (Å²) in [6.07, 6.45) is -2.61. The van der Waals surface area contributed by atoms with Gasteiger partial charge in [-0.05, 0) is 67.0 Å². The molecule has 0 aliphatic heterocycles. The van der Waals surface area contributed by atoms with Crippen molar-refractivity contribution in [2.45, 2.75) is 45.7 Å². The zero-order valence-corrected chi connectivity index (χ0v) is 14.6. The molecule has 7 heteroatoms. The van der Waals surface area contributed by atoms with Crippen molar-refractivity contribution in [2.24, 2.45) is 5.14 Å². The number of nitrogens with one attached hydrogen (secondary N) is 1. The van der Waals surface area contributed by atoms with Crippen LogP contribution in [0.1, 0.15) is 55.0 Å². The van der Waals surface area contributed by atoms with Gasteiger partial charge in [-0.1, -0.05) is 13.8 Å². The topological polar surface area (TPSA) is 62.8 Å². The summed E-state index contributed by atoms with van der Waals surface area (Å²) in [6.45, 7) is 5.73.